The summed E-state index contributed by atoms with van der Waals surface area (Å²) in [4.78, 5) is 4.84. The van der Waals surface area contributed by atoms with Gasteiger partial charge in [-0.15, -0.1) is 0 Å². The SMILES string of the molecule is COCCN1CCN(CCc2ccc(F)c(F)c2)C(C)(C)C1. The Labute approximate surface area is 131 Å². The van der Waals surface area contributed by atoms with Gasteiger partial charge in [0.15, 0.2) is 11.6 Å². The second kappa shape index (κ2) is 7.49. The fourth-order valence-corrected chi connectivity index (χ4v) is 3.08. The molecule has 0 amide bonds. The first kappa shape index (κ1) is 17.3. The monoisotopic (exact) mass is 312 g/mol. The molecule has 0 radical (unpaired) electrons. The van der Waals surface area contributed by atoms with Crippen molar-refractivity contribution in [2.45, 2.75) is 25.8 Å². The van der Waals surface area contributed by atoms with Crippen molar-refractivity contribution in [2.24, 2.45) is 0 Å². The predicted octanol–water partition coefficient (Wildman–Crippen LogP) is 2.55. The molecule has 1 aliphatic heterocycles. The molecule has 1 heterocycles. The largest absolute Gasteiger partial charge is 0.383 e. The lowest BCUT2D eigenvalue weighted by molar-refractivity contribution is 0.0107. The first-order valence-corrected chi connectivity index (χ1v) is 7.82. The fourth-order valence-electron chi connectivity index (χ4n) is 3.08. The van der Waals surface area contributed by atoms with Gasteiger partial charge < -0.3 is 4.74 Å². The number of piperazine rings is 1. The van der Waals surface area contributed by atoms with Crippen molar-refractivity contribution in [3.8, 4) is 0 Å². The van der Waals surface area contributed by atoms with Gasteiger partial charge in [0.2, 0.25) is 0 Å². The Morgan fingerprint density at radius 3 is 2.55 bits per heavy atom. The number of nitrogens with zero attached hydrogens (tertiary/aromatic N) is 2. The molecule has 0 aliphatic carbocycles. The first-order valence-electron chi connectivity index (χ1n) is 7.82. The van der Waals surface area contributed by atoms with Crippen molar-refractivity contribution in [1.82, 2.24) is 9.80 Å². The maximum atomic E-state index is 13.3. The van der Waals surface area contributed by atoms with Crippen molar-refractivity contribution in [2.75, 3.05) is 46.4 Å². The zero-order chi connectivity index (χ0) is 16.2. The second-order valence-electron chi connectivity index (χ2n) is 6.57. The van der Waals surface area contributed by atoms with Gasteiger partial charge in [-0.25, -0.2) is 8.78 Å². The van der Waals surface area contributed by atoms with E-state index in [2.05, 4.69) is 23.6 Å². The molecule has 0 spiro atoms. The maximum absolute atomic E-state index is 13.3. The van der Waals surface area contributed by atoms with Crippen LogP contribution in [-0.2, 0) is 11.2 Å². The van der Waals surface area contributed by atoms with Crippen molar-refractivity contribution in [3.63, 3.8) is 0 Å². The molecule has 5 heteroatoms. The quantitative estimate of drug-likeness (QED) is 0.803. The molecular formula is C17H26F2N2O. The highest BCUT2D eigenvalue weighted by molar-refractivity contribution is 5.18. The van der Waals surface area contributed by atoms with Crippen LogP contribution in [0.5, 0.6) is 0 Å². The summed E-state index contributed by atoms with van der Waals surface area (Å²) in [5, 5.41) is 0. The van der Waals surface area contributed by atoms with Gasteiger partial charge in [-0.3, -0.25) is 9.80 Å². The zero-order valence-corrected chi connectivity index (χ0v) is 13.7. The zero-order valence-electron chi connectivity index (χ0n) is 13.7. The van der Waals surface area contributed by atoms with Crippen molar-refractivity contribution in [1.29, 1.82) is 0 Å². The van der Waals surface area contributed by atoms with Crippen LogP contribution in [0.2, 0.25) is 0 Å². The molecule has 124 valence electrons. The van der Waals surface area contributed by atoms with E-state index in [1.807, 2.05) is 0 Å². The Hall–Kier alpha value is -1.04. The van der Waals surface area contributed by atoms with Gasteiger partial charge in [0.05, 0.1) is 6.61 Å². The van der Waals surface area contributed by atoms with Gasteiger partial charge in [-0.1, -0.05) is 6.07 Å². The minimum absolute atomic E-state index is 0.0740. The number of methoxy groups -OCH3 is 1. The molecule has 1 saturated heterocycles. The summed E-state index contributed by atoms with van der Waals surface area (Å²) >= 11 is 0. The molecule has 1 fully saturated rings. The lowest BCUT2D eigenvalue weighted by atomic mass is 9.97. The van der Waals surface area contributed by atoms with Crippen molar-refractivity contribution < 1.29 is 13.5 Å². The van der Waals surface area contributed by atoms with Crippen LogP contribution in [-0.4, -0.2) is 61.8 Å². The smallest absolute Gasteiger partial charge is 0.159 e. The Balaban J connectivity index is 1.88. The lowest BCUT2D eigenvalue weighted by Crippen LogP contribution is -2.59. The average Bonchev–Trinajstić information content (AvgIpc) is 2.47. The van der Waals surface area contributed by atoms with E-state index >= 15 is 0 Å². The van der Waals surface area contributed by atoms with E-state index < -0.39 is 11.6 Å². The Kier molecular flexibility index (Phi) is 5.89. The van der Waals surface area contributed by atoms with Gasteiger partial charge >= 0.3 is 0 Å². The van der Waals surface area contributed by atoms with E-state index in [1.165, 1.54) is 12.1 Å². The maximum Gasteiger partial charge on any atom is 0.159 e. The minimum atomic E-state index is -0.782. The molecule has 1 aromatic carbocycles. The van der Waals surface area contributed by atoms with Gasteiger partial charge in [0.25, 0.3) is 0 Å². The van der Waals surface area contributed by atoms with E-state index in [1.54, 1.807) is 13.2 Å². The topological polar surface area (TPSA) is 15.7 Å². The molecule has 0 N–H and O–H groups in total. The summed E-state index contributed by atoms with van der Waals surface area (Å²) in [6.45, 7) is 10.0. The van der Waals surface area contributed by atoms with Crippen LogP contribution >= 0.6 is 0 Å². The highest BCUT2D eigenvalue weighted by atomic mass is 19.2. The molecule has 22 heavy (non-hydrogen) atoms. The van der Waals surface area contributed by atoms with Crippen molar-refractivity contribution in [3.05, 3.63) is 35.4 Å². The summed E-state index contributed by atoms with van der Waals surface area (Å²) in [7, 11) is 1.73. The molecule has 0 unspecified atom stereocenters. The van der Waals surface area contributed by atoms with E-state index in [0.29, 0.717) is 0 Å². The van der Waals surface area contributed by atoms with Crippen LogP contribution in [0.15, 0.2) is 18.2 Å². The average molecular weight is 312 g/mol. The summed E-state index contributed by atoms with van der Waals surface area (Å²) in [5.41, 5.74) is 0.918. The van der Waals surface area contributed by atoms with Crippen LogP contribution < -0.4 is 0 Å². The Morgan fingerprint density at radius 2 is 1.91 bits per heavy atom. The number of hydrogen-bond acceptors (Lipinski definition) is 3. The number of halogens is 2. The Bertz CT molecular complexity index is 494. The number of ether oxygens (including phenoxy) is 1. The summed E-state index contributed by atoms with van der Waals surface area (Å²) < 4.78 is 31.4. The summed E-state index contributed by atoms with van der Waals surface area (Å²) in [5.74, 6) is -1.54. The van der Waals surface area contributed by atoms with E-state index in [-0.39, 0.29) is 5.54 Å². The summed E-state index contributed by atoms with van der Waals surface area (Å²) in [6.07, 6.45) is 0.735. The lowest BCUT2D eigenvalue weighted by Gasteiger charge is -2.47. The van der Waals surface area contributed by atoms with Crippen molar-refractivity contribution >= 4 is 0 Å². The summed E-state index contributed by atoms with van der Waals surface area (Å²) in [6, 6.07) is 4.18. The Morgan fingerprint density at radius 1 is 1.14 bits per heavy atom. The molecule has 0 bridgehead atoms. The molecule has 0 aromatic heterocycles. The molecule has 1 aromatic rings. The number of rotatable bonds is 6. The van der Waals surface area contributed by atoms with Gasteiger partial charge in [-0.05, 0) is 38.0 Å². The minimum Gasteiger partial charge on any atom is -0.383 e. The van der Waals surface area contributed by atoms with Gasteiger partial charge in [0, 0.05) is 45.4 Å². The number of hydrogen-bond donors (Lipinski definition) is 0. The molecule has 0 atom stereocenters. The number of benzene rings is 1. The van der Waals surface area contributed by atoms with Crippen LogP contribution in [0.3, 0.4) is 0 Å². The predicted molar refractivity (Wildman–Crippen MR) is 84.0 cm³/mol. The molecule has 2 rings (SSSR count). The molecule has 1 aliphatic rings. The van der Waals surface area contributed by atoms with E-state index in [0.717, 1.165) is 51.3 Å². The molecule has 3 nitrogen and oxygen atoms in total. The van der Waals surface area contributed by atoms with Gasteiger partial charge in [-0.2, -0.15) is 0 Å². The van der Waals surface area contributed by atoms with Crippen LogP contribution in [0.4, 0.5) is 8.78 Å². The standard InChI is InChI=1S/C17H26F2N2O/c1-17(2)13-20(10-11-22-3)8-9-21(17)7-6-14-4-5-15(18)16(19)12-14/h4-5,12H,6-11,13H2,1-3H3. The van der Waals surface area contributed by atoms with Crippen LogP contribution in [0.25, 0.3) is 0 Å². The molecule has 0 saturated carbocycles. The third-order valence-corrected chi connectivity index (χ3v) is 4.42. The third-order valence-electron chi connectivity index (χ3n) is 4.42. The molecular weight excluding hydrogens is 286 g/mol. The second-order valence-corrected chi connectivity index (χ2v) is 6.57. The van der Waals surface area contributed by atoms with Crippen LogP contribution in [0, 0.1) is 11.6 Å². The fraction of sp³-hybridized carbons (Fsp3) is 0.647. The highest BCUT2D eigenvalue weighted by Gasteiger charge is 2.32. The van der Waals surface area contributed by atoms with Crippen LogP contribution in [0.1, 0.15) is 19.4 Å². The van der Waals surface area contributed by atoms with E-state index in [4.69, 9.17) is 4.74 Å². The van der Waals surface area contributed by atoms with Gasteiger partial charge in [0.1, 0.15) is 0 Å². The van der Waals surface area contributed by atoms with E-state index in [9.17, 15) is 8.78 Å². The first-order chi connectivity index (χ1) is 10.4. The highest BCUT2D eigenvalue weighted by Crippen LogP contribution is 2.21. The third kappa shape index (κ3) is 4.48. The normalized spacial score (nSPS) is 19.5.